The fourth-order valence-corrected chi connectivity index (χ4v) is 1.33. The molecule has 0 N–H and O–H groups in total. The van der Waals surface area contributed by atoms with E-state index < -0.39 is 11.8 Å². The zero-order chi connectivity index (χ0) is 12.7. The maximum atomic E-state index is 13.2. The van der Waals surface area contributed by atoms with E-state index in [2.05, 4.69) is 0 Å². The number of carbonyl (C=O) groups excluding carboxylic acids is 2. The Bertz CT molecular complexity index is 401. The molecule has 1 aromatic carbocycles. The number of esters is 1. The van der Waals surface area contributed by atoms with Crippen LogP contribution in [0.5, 0.6) is 0 Å². The molecular formula is C13H15FO3. The zero-order valence-electron chi connectivity index (χ0n) is 9.74. The minimum atomic E-state index is -0.556. The van der Waals surface area contributed by atoms with Crippen LogP contribution in [-0.2, 0) is 9.53 Å². The maximum Gasteiger partial charge on any atom is 0.306 e. The van der Waals surface area contributed by atoms with Crippen molar-refractivity contribution >= 4 is 11.8 Å². The van der Waals surface area contributed by atoms with E-state index in [0.29, 0.717) is 6.61 Å². The fraction of sp³-hybridized carbons (Fsp3) is 0.385. The Labute approximate surface area is 99.6 Å². The van der Waals surface area contributed by atoms with Crippen molar-refractivity contribution in [1.82, 2.24) is 0 Å². The lowest BCUT2D eigenvalue weighted by atomic mass is 10.1. The highest BCUT2D eigenvalue weighted by molar-refractivity contribution is 5.97. The molecule has 92 valence electrons. The van der Waals surface area contributed by atoms with Gasteiger partial charge in [0, 0.05) is 6.42 Å². The molecular weight excluding hydrogens is 223 g/mol. The van der Waals surface area contributed by atoms with Crippen molar-refractivity contribution in [3.63, 3.8) is 0 Å². The van der Waals surface area contributed by atoms with E-state index in [1.165, 1.54) is 18.2 Å². The summed E-state index contributed by atoms with van der Waals surface area (Å²) < 4.78 is 18.1. The molecule has 0 aromatic heterocycles. The van der Waals surface area contributed by atoms with Crippen LogP contribution >= 0.6 is 0 Å². The number of hydrogen-bond donors (Lipinski definition) is 0. The van der Waals surface area contributed by atoms with Gasteiger partial charge in [-0.15, -0.1) is 0 Å². The highest BCUT2D eigenvalue weighted by Crippen LogP contribution is 2.10. The normalized spacial score (nSPS) is 10.0. The van der Waals surface area contributed by atoms with Crippen LogP contribution in [0.2, 0.25) is 0 Å². The number of benzene rings is 1. The number of Topliss-reactive ketones (excluding diaryl/α,β-unsaturated/α-hetero) is 1. The predicted octanol–water partition coefficient (Wildman–Crippen LogP) is 2.74. The van der Waals surface area contributed by atoms with Crippen molar-refractivity contribution in [2.24, 2.45) is 0 Å². The van der Waals surface area contributed by atoms with Crippen LogP contribution < -0.4 is 0 Å². The summed E-state index contributed by atoms with van der Waals surface area (Å²) in [5.41, 5.74) is 0.0239. The molecule has 0 bridgehead atoms. The molecule has 0 saturated heterocycles. The van der Waals surface area contributed by atoms with Gasteiger partial charge in [-0.25, -0.2) is 4.39 Å². The second kappa shape index (κ2) is 6.78. The summed E-state index contributed by atoms with van der Waals surface area (Å²) in [5, 5.41) is 0. The van der Waals surface area contributed by atoms with Gasteiger partial charge in [-0.1, -0.05) is 19.1 Å². The number of halogens is 1. The molecule has 1 rings (SSSR count). The summed E-state index contributed by atoms with van der Waals surface area (Å²) in [6.45, 7) is 2.24. The third-order valence-corrected chi connectivity index (χ3v) is 2.20. The SMILES string of the molecule is CCCOC(=O)CCC(=O)c1ccccc1F. The molecule has 0 heterocycles. The Morgan fingerprint density at radius 2 is 1.94 bits per heavy atom. The first-order chi connectivity index (χ1) is 8.15. The third kappa shape index (κ3) is 4.34. The third-order valence-electron chi connectivity index (χ3n) is 2.20. The van der Waals surface area contributed by atoms with Crippen LogP contribution in [0.4, 0.5) is 4.39 Å². The van der Waals surface area contributed by atoms with E-state index in [9.17, 15) is 14.0 Å². The Morgan fingerprint density at radius 1 is 1.24 bits per heavy atom. The molecule has 0 aliphatic rings. The number of hydrogen-bond acceptors (Lipinski definition) is 3. The van der Waals surface area contributed by atoms with Gasteiger partial charge in [0.1, 0.15) is 5.82 Å². The van der Waals surface area contributed by atoms with Crippen molar-refractivity contribution in [2.45, 2.75) is 26.2 Å². The van der Waals surface area contributed by atoms with Crippen molar-refractivity contribution in [2.75, 3.05) is 6.61 Å². The highest BCUT2D eigenvalue weighted by atomic mass is 19.1. The topological polar surface area (TPSA) is 43.4 Å². The quantitative estimate of drug-likeness (QED) is 0.565. The Morgan fingerprint density at radius 3 is 2.59 bits per heavy atom. The smallest absolute Gasteiger partial charge is 0.306 e. The highest BCUT2D eigenvalue weighted by Gasteiger charge is 2.13. The zero-order valence-corrected chi connectivity index (χ0v) is 9.74. The van der Waals surface area contributed by atoms with E-state index in [0.717, 1.165) is 6.42 Å². The van der Waals surface area contributed by atoms with E-state index in [1.807, 2.05) is 6.92 Å². The number of ketones is 1. The fourth-order valence-electron chi connectivity index (χ4n) is 1.33. The molecule has 0 fully saturated rings. The molecule has 3 nitrogen and oxygen atoms in total. The molecule has 0 amide bonds. The Hall–Kier alpha value is -1.71. The second-order valence-corrected chi connectivity index (χ2v) is 3.62. The van der Waals surface area contributed by atoms with Gasteiger partial charge in [-0.2, -0.15) is 0 Å². The van der Waals surface area contributed by atoms with Gasteiger partial charge in [0.05, 0.1) is 18.6 Å². The largest absolute Gasteiger partial charge is 0.466 e. The van der Waals surface area contributed by atoms with Crippen LogP contribution in [0.25, 0.3) is 0 Å². The van der Waals surface area contributed by atoms with Crippen LogP contribution in [0.3, 0.4) is 0 Å². The molecule has 0 aliphatic carbocycles. The average molecular weight is 238 g/mol. The maximum absolute atomic E-state index is 13.2. The van der Waals surface area contributed by atoms with Crippen molar-refractivity contribution in [1.29, 1.82) is 0 Å². The first kappa shape index (κ1) is 13.4. The van der Waals surface area contributed by atoms with Crippen molar-refractivity contribution < 1.29 is 18.7 Å². The van der Waals surface area contributed by atoms with Crippen LogP contribution in [0, 0.1) is 5.82 Å². The Kier molecular flexibility index (Phi) is 5.33. The summed E-state index contributed by atoms with van der Waals surface area (Å²) in [6.07, 6.45) is 0.712. The van der Waals surface area contributed by atoms with E-state index in [4.69, 9.17) is 4.74 Å². The van der Waals surface area contributed by atoms with Gasteiger partial charge in [0.15, 0.2) is 5.78 Å². The van der Waals surface area contributed by atoms with E-state index in [-0.39, 0.29) is 24.2 Å². The molecule has 0 saturated carbocycles. The van der Waals surface area contributed by atoms with Gasteiger partial charge in [0.25, 0.3) is 0 Å². The second-order valence-electron chi connectivity index (χ2n) is 3.62. The molecule has 17 heavy (non-hydrogen) atoms. The van der Waals surface area contributed by atoms with Gasteiger partial charge in [-0.3, -0.25) is 9.59 Å². The summed E-state index contributed by atoms with van der Waals surface area (Å²) in [5.74, 6) is -1.35. The lowest BCUT2D eigenvalue weighted by molar-refractivity contribution is -0.143. The van der Waals surface area contributed by atoms with Gasteiger partial charge >= 0.3 is 5.97 Å². The lowest BCUT2D eigenvalue weighted by Gasteiger charge is -2.03. The first-order valence-corrected chi connectivity index (χ1v) is 5.58. The van der Waals surface area contributed by atoms with Gasteiger partial charge < -0.3 is 4.74 Å². The number of carbonyl (C=O) groups is 2. The number of ether oxygens (including phenoxy) is 1. The summed E-state index contributed by atoms with van der Waals surface area (Å²) in [4.78, 5) is 22.8. The van der Waals surface area contributed by atoms with Gasteiger partial charge in [0.2, 0.25) is 0 Å². The number of rotatable bonds is 6. The molecule has 4 heteroatoms. The molecule has 0 aliphatic heterocycles. The molecule has 0 unspecified atom stereocenters. The van der Waals surface area contributed by atoms with Gasteiger partial charge in [-0.05, 0) is 18.6 Å². The summed E-state index contributed by atoms with van der Waals surface area (Å²) in [6, 6.07) is 5.74. The van der Waals surface area contributed by atoms with Crippen molar-refractivity contribution in [3.8, 4) is 0 Å². The monoisotopic (exact) mass is 238 g/mol. The predicted molar refractivity (Wildman–Crippen MR) is 61.2 cm³/mol. The molecule has 0 atom stereocenters. The summed E-state index contributed by atoms with van der Waals surface area (Å²) in [7, 11) is 0. The first-order valence-electron chi connectivity index (χ1n) is 5.58. The minimum absolute atomic E-state index is 0.00678. The standard InChI is InChI=1S/C13H15FO3/c1-2-9-17-13(16)8-7-12(15)10-5-3-4-6-11(10)14/h3-6H,2,7-9H2,1H3. The Balaban J connectivity index is 2.45. The van der Waals surface area contributed by atoms with E-state index in [1.54, 1.807) is 6.07 Å². The van der Waals surface area contributed by atoms with E-state index >= 15 is 0 Å². The molecule has 0 radical (unpaired) electrons. The van der Waals surface area contributed by atoms with Crippen LogP contribution in [0.15, 0.2) is 24.3 Å². The lowest BCUT2D eigenvalue weighted by Crippen LogP contribution is -2.09. The average Bonchev–Trinajstić information content (AvgIpc) is 2.34. The van der Waals surface area contributed by atoms with Crippen LogP contribution in [-0.4, -0.2) is 18.4 Å². The molecule has 0 spiro atoms. The van der Waals surface area contributed by atoms with Crippen molar-refractivity contribution in [3.05, 3.63) is 35.6 Å². The molecule has 1 aromatic rings. The summed E-state index contributed by atoms with van der Waals surface area (Å²) >= 11 is 0. The van der Waals surface area contributed by atoms with Crippen LogP contribution in [0.1, 0.15) is 36.5 Å². The minimum Gasteiger partial charge on any atom is -0.466 e.